The minimum atomic E-state index is 0.186. The molecule has 172 valence electrons. The average Bonchev–Trinajstić information content (AvgIpc) is 2.85. The van der Waals surface area contributed by atoms with Crippen molar-refractivity contribution < 1.29 is 0 Å². The van der Waals surface area contributed by atoms with Gasteiger partial charge in [-0.25, -0.2) is 9.98 Å². The molecular formula is C32H34N2. The van der Waals surface area contributed by atoms with Crippen LogP contribution in [0.4, 0.5) is 0 Å². The van der Waals surface area contributed by atoms with E-state index in [1.807, 2.05) is 31.2 Å². The van der Waals surface area contributed by atoms with E-state index in [4.69, 9.17) is 9.98 Å². The highest BCUT2D eigenvalue weighted by atomic mass is 14.9. The first-order chi connectivity index (χ1) is 16.4. The Kier molecular flexibility index (Phi) is 8.70. The number of benzene rings is 2. The van der Waals surface area contributed by atoms with E-state index >= 15 is 0 Å². The summed E-state index contributed by atoms with van der Waals surface area (Å²) in [5.74, 6) is 0.851. The maximum atomic E-state index is 4.95. The molecule has 0 aliphatic heterocycles. The largest absolute Gasteiger partial charge is 0.233 e. The fourth-order valence-corrected chi connectivity index (χ4v) is 3.62. The first-order valence-electron chi connectivity index (χ1n) is 11.7. The second-order valence-electron chi connectivity index (χ2n) is 8.68. The van der Waals surface area contributed by atoms with Gasteiger partial charge in [-0.2, -0.15) is 0 Å². The molecule has 2 aromatic rings. The number of aliphatic imine (C=N–C) groups is 2. The standard InChI is InChI=1S/C32H34N2/c1-7-28(22-17-25(4)29-11-9-8-10-12-29)26(5)33-32(31-20-15-24(3)16-21-31)34-27(6)30-18-13-23(2)14-19-30/h7-18,20-22,30H,1,6,19H2,2-5H3/b25-17+,28-22+,33-26?,34-32?. The average molecular weight is 447 g/mol. The van der Waals surface area contributed by atoms with Crippen LogP contribution in [0.1, 0.15) is 43.9 Å². The van der Waals surface area contributed by atoms with Gasteiger partial charge >= 0.3 is 0 Å². The summed E-state index contributed by atoms with van der Waals surface area (Å²) in [5.41, 5.74) is 8.45. The van der Waals surface area contributed by atoms with E-state index in [0.717, 1.165) is 29.0 Å². The Morgan fingerprint density at radius 2 is 1.62 bits per heavy atom. The van der Waals surface area contributed by atoms with Gasteiger partial charge in [0.05, 0.1) is 0 Å². The zero-order valence-corrected chi connectivity index (χ0v) is 20.8. The quantitative estimate of drug-likeness (QED) is 0.231. The van der Waals surface area contributed by atoms with E-state index in [-0.39, 0.29) is 5.92 Å². The molecular weight excluding hydrogens is 412 g/mol. The predicted octanol–water partition coefficient (Wildman–Crippen LogP) is 8.45. The normalized spacial score (nSPS) is 17.4. The third-order valence-electron chi connectivity index (χ3n) is 5.93. The van der Waals surface area contributed by atoms with E-state index in [2.05, 4.69) is 101 Å². The molecule has 0 saturated heterocycles. The molecule has 34 heavy (non-hydrogen) atoms. The summed E-state index contributed by atoms with van der Waals surface area (Å²) < 4.78 is 0. The van der Waals surface area contributed by atoms with Crippen molar-refractivity contribution in [2.45, 2.75) is 34.1 Å². The van der Waals surface area contributed by atoms with Gasteiger partial charge in [0.1, 0.15) is 0 Å². The van der Waals surface area contributed by atoms with Crippen molar-refractivity contribution in [1.29, 1.82) is 0 Å². The van der Waals surface area contributed by atoms with Crippen molar-refractivity contribution in [2.24, 2.45) is 15.9 Å². The van der Waals surface area contributed by atoms with Crippen LogP contribution in [0.2, 0.25) is 0 Å². The van der Waals surface area contributed by atoms with Crippen molar-refractivity contribution in [3.63, 3.8) is 0 Å². The van der Waals surface area contributed by atoms with Crippen molar-refractivity contribution in [2.75, 3.05) is 0 Å². The molecule has 0 fully saturated rings. The fraction of sp³-hybridized carbons (Fsp3) is 0.188. The number of hydrogen-bond acceptors (Lipinski definition) is 1. The van der Waals surface area contributed by atoms with Gasteiger partial charge in [-0.3, -0.25) is 0 Å². The third-order valence-corrected chi connectivity index (χ3v) is 5.93. The van der Waals surface area contributed by atoms with Crippen molar-refractivity contribution in [3.8, 4) is 0 Å². The van der Waals surface area contributed by atoms with Crippen molar-refractivity contribution >= 4 is 17.1 Å². The van der Waals surface area contributed by atoms with E-state index in [1.54, 1.807) is 0 Å². The van der Waals surface area contributed by atoms with Gasteiger partial charge in [0, 0.05) is 22.9 Å². The highest BCUT2D eigenvalue weighted by Crippen LogP contribution is 2.24. The first kappa shape index (κ1) is 24.9. The van der Waals surface area contributed by atoms with Crippen LogP contribution in [0.3, 0.4) is 0 Å². The molecule has 2 nitrogen and oxygen atoms in total. The molecule has 0 N–H and O–H groups in total. The monoisotopic (exact) mass is 446 g/mol. The van der Waals surface area contributed by atoms with Gasteiger partial charge in [0.2, 0.25) is 0 Å². The maximum absolute atomic E-state index is 4.95. The molecule has 1 aliphatic rings. The summed E-state index contributed by atoms with van der Waals surface area (Å²) in [5, 5.41) is 0. The molecule has 1 aliphatic carbocycles. The summed E-state index contributed by atoms with van der Waals surface area (Å²) in [6, 6.07) is 18.6. The maximum Gasteiger partial charge on any atom is 0.159 e. The molecule has 0 heterocycles. The Morgan fingerprint density at radius 3 is 2.24 bits per heavy atom. The van der Waals surface area contributed by atoms with Crippen LogP contribution in [0.15, 0.2) is 131 Å². The summed E-state index contributed by atoms with van der Waals surface area (Å²) in [6.45, 7) is 16.6. The van der Waals surface area contributed by atoms with E-state index in [9.17, 15) is 0 Å². The second kappa shape index (κ2) is 11.9. The molecule has 1 atom stereocenters. The van der Waals surface area contributed by atoms with Crippen LogP contribution in [-0.2, 0) is 0 Å². The van der Waals surface area contributed by atoms with Gasteiger partial charge in [-0.1, -0.05) is 115 Å². The molecule has 0 bridgehead atoms. The van der Waals surface area contributed by atoms with Crippen molar-refractivity contribution in [3.05, 3.63) is 138 Å². The number of hydrogen-bond donors (Lipinski definition) is 0. The first-order valence-corrected chi connectivity index (χ1v) is 11.7. The molecule has 0 saturated carbocycles. The lowest BCUT2D eigenvalue weighted by Gasteiger charge is -2.15. The summed E-state index contributed by atoms with van der Waals surface area (Å²) in [4.78, 5) is 9.85. The molecule has 1 unspecified atom stereocenters. The topological polar surface area (TPSA) is 24.7 Å². The van der Waals surface area contributed by atoms with E-state index in [1.165, 1.54) is 22.3 Å². The number of aryl methyl sites for hydroxylation is 1. The minimum Gasteiger partial charge on any atom is -0.233 e. The SMILES string of the molecule is C=C/C(=C\C=C(/C)c1ccccc1)C(C)=NC(=NC(=C)C1C=CC(C)=CC1)c1ccc(C)cc1. The Bertz CT molecular complexity index is 1210. The van der Waals surface area contributed by atoms with E-state index < -0.39 is 0 Å². The lowest BCUT2D eigenvalue weighted by atomic mass is 9.95. The van der Waals surface area contributed by atoms with Gasteiger partial charge < -0.3 is 0 Å². The van der Waals surface area contributed by atoms with Gasteiger partial charge in [-0.15, -0.1) is 0 Å². The van der Waals surface area contributed by atoms with Crippen LogP contribution in [0, 0.1) is 12.8 Å². The Morgan fingerprint density at radius 1 is 0.912 bits per heavy atom. The Labute approximate surface area is 204 Å². The predicted molar refractivity (Wildman–Crippen MR) is 149 cm³/mol. The van der Waals surface area contributed by atoms with Crippen molar-refractivity contribution in [1.82, 2.24) is 0 Å². The Balaban J connectivity index is 1.95. The molecule has 2 heteroatoms. The zero-order chi connectivity index (χ0) is 24.5. The third kappa shape index (κ3) is 6.86. The lowest BCUT2D eigenvalue weighted by Crippen LogP contribution is -2.07. The van der Waals surface area contributed by atoms with Crippen LogP contribution in [-0.4, -0.2) is 11.5 Å². The molecule has 0 spiro atoms. The van der Waals surface area contributed by atoms with Gasteiger partial charge in [0.25, 0.3) is 0 Å². The van der Waals surface area contributed by atoms with Crippen LogP contribution in [0.5, 0.6) is 0 Å². The van der Waals surface area contributed by atoms with Gasteiger partial charge in [-0.05, 0) is 50.8 Å². The molecule has 3 rings (SSSR count). The number of nitrogens with zero attached hydrogens (tertiary/aromatic N) is 2. The van der Waals surface area contributed by atoms with Crippen LogP contribution >= 0.6 is 0 Å². The second-order valence-corrected chi connectivity index (χ2v) is 8.68. The molecule has 0 radical (unpaired) electrons. The fourth-order valence-electron chi connectivity index (χ4n) is 3.62. The molecule has 2 aromatic carbocycles. The number of allylic oxidation sites excluding steroid dienone is 9. The van der Waals surface area contributed by atoms with Gasteiger partial charge in [0.15, 0.2) is 5.84 Å². The molecule has 0 amide bonds. The zero-order valence-electron chi connectivity index (χ0n) is 20.8. The highest BCUT2D eigenvalue weighted by Gasteiger charge is 2.13. The summed E-state index contributed by atoms with van der Waals surface area (Å²) >= 11 is 0. The number of rotatable bonds is 7. The highest BCUT2D eigenvalue weighted by molar-refractivity contribution is 6.12. The minimum absolute atomic E-state index is 0.186. The summed E-state index contributed by atoms with van der Waals surface area (Å²) in [6.07, 6.45) is 13.5. The summed E-state index contributed by atoms with van der Waals surface area (Å²) in [7, 11) is 0. The molecule has 0 aromatic heterocycles. The van der Waals surface area contributed by atoms with Crippen LogP contribution in [0.25, 0.3) is 5.57 Å². The smallest absolute Gasteiger partial charge is 0.159 e. The van der Waals surface area contributed by atoms with Crippen LogP contribution < -0.4 is 0 Å². The van der Waals surface area contributed by atoms with E-state index in [0.29, 0.717) is 5.84 Å². The Hall–Kier alpha value is -3.78. The number of amidine groups is 1. The lowest BCUT2D eigenvalue weighted by molar-refractivity contribution is 0.754.